The van der Waals surface area contributed by atoms with Crippen molar-refractivity contribution in [2.45, 2.75) is 47.0 Å². The van der Waals surface area contributed by atoms with Crippen LogP contribution in [-0.2, 0) is 4.79 Å². The van der Waals surface area contributed by atoms with Crippen LogP contribution in [0.3, 0.4) is 0 Å². The number of aryl methyl sites for hydroxylation is 2. The minimum Gasteiger partial charge on any atom is -0.356 e. The Morgan fingerprint density at radius 3 is 2.13 bits per heavy atom. The van der Waals surface area contributed by atoms with E-state index in [4.69, 9.17) is 0 Å². The lowest BCUT2D eigenvalue weighted by molar-refractivity contribution is -0.119. The van der Waals surface area contributed by atoms with Crippen LogP contribution in [0, 0.1) is 33.1 Å². The molecule has 2 aliphatic heterocycles. The zero-order chi connectivity index (χ0) is 16.8. The van der Waals surface area contributed by atoms with Gasteiger partial charge in [0, 0.05) is 31.6 Å². The highest BCUT2D eigenvalue weighted by Crippen LogP contribution is 2.38. The Morgan fingerprint density at radius 1 is 1.09 bits per heavy atom. The van der Waals surface area contributed by atoms with Crippen LogP contribution in [0.1, 0.15) is 51.9 Å². The third kappa shape index (κ3) is 2.75. The lowest BCUT2D eigenvalue weighted by Gasteiger charge is -2.38. The average molecular weight is 314 g/mol. The number of hydrogen-bond acceptors (Lipinski definition) is 2. The van der Waals surface area contributed by atoms with Crippen molar-refractivity contribution in [1.29, 1.82) is 0 Å². The Labute approximate surface area is 138 Å². The normalized spacial score (nSPS) is 20.0. The highest BCUT2D eigenvalue weighted by molar-refractivity contribution is 5.98. The van der Waals surface area contributed by atoms with Crippen molar-refractivity contribution in [3.63, 3.8) is 0 Å². The van der Waals surface area contributed by atoms with E-state index in [9.17, 15) is 9.59 Å². The van der Waals surface area contributed by atoms with Crippen molar-refractivity contribution in [3.05, 3.63) is 33.9 Å². The van der Waals surface area contributed by atoms with E-state index in [-0.39, 0.29) is 17.2 Å². The lowest BCUT2D eigenvalue weighted by Crippen LogP contribution is -2.44. The second-order valence-electron chi connectivity index (χ2n) is 7.38. The molecule has 0 saturated carbocycles. The number of hydrogen-bond donors (Lipinski definition) is 1. The number of amides is 2. The molecule has 1 N–H and O–H groups in total. The van der Waals surface area contributed by atoms with Gasteiger partial charge in [-0.2, -0.15) is 0 Å². The third-order valence-corrected chi connectivity index (χ3v) is 5.89. The smallest absolute Gasteiger partial charge is 0.254 e. The first-order valence-electron chi connectivity index (χ1n) is 8.46. The molecule has 0 aliphatic carbocycles. The zero-order valence-corrected chi connectivity index (χ0v) is 14.6. The van der Waals surface area contributed by atoms with Gasteiger partial charge in [-0.3, -0.25) is 9.59 Å². The molecule has 4 heteroatoms. The number of benzene rings is 1. The molecule has 1 aromatic rings. The molecule has 0 radical (unpaired) electrons. The fourth-order valence-corrected chi connectivity index (χ4v) is 3.99. The fraction of sp³-hybridized carbons (Fsp3) is 0.579. The summed E-state index contributed by atoms with van der Waals surface area (Å²) in [4.78, 5) is 26.6. The van der Waals surface area contributed by atoms with Gasteiger partial charge in [0.1, 0.15) is 0 Å². The fourth-order valence-electron chi connectivity index (χ4n) is 3.99. The van der Waals surface area contributed by atoms with Gasteiger partial charge in [-0.15, -0.1) is 0 Å². The van der Waals surface area contributed by atoms with E-state index in [1.54, 1.807) is 0 Å². The van der Waals surface area contributed by atoms with Crippen LogP contribution in [0.25, 0.3) is 0 Å². The van der Waals surface area contributed by atoms with Gasteiger partial charge in [0.2, 0.25) is 5.91 Å². The van der Waals surface area contributed by atoms with Crippen molar-refractivity contribution in [3.8, 4) is 0 Å². The van der Waals surface area contributed by atoms with Gasteiger partial charge in [-0.1, -0.05) is 6.07 Å². The van der Waals surface area contributed by atoms with Gasteiger partial charge in [-0.05, 0) is 68.2 Å². The van der Waals surface area contributed by atoms with Gasteiger partial charge >= 0.3 is 0 Å². The highest BCUT2D eigenvalue weighted by atomic mass is 16.2. The number of carbonyl (C=O) groups is 2. The van der Waals surface area contributed by atoms with Gasteiger partial charge in [-0.25, -0.2) is 0 Å². The number of nitrogens with one attached hydrogen (secondary N) is 1. The van der Waals surface area contributed by atoms with E-state index >= 15 is 0 Å². The molecule has 23 heavy (non-hydrogen) atoms. The molecular formula is C19H26N2O2. The summed E-state index contributed by atoms with van der Waals surface area (Å²) in [6.07, 6.45) is 2.46. The van der Waals surface area contributed by atoms with Gasteiger partial charge < -0.3 is 10.2 Å². The molecule has 2 amide bonds. The molecule has 0 unspecified atom stereocenters. The molecule has 4 nitrogen and oxygen atoms in total. The van der Waals surface area contributed by atoms with Crippen LogP contribution in [-0.4, -0.2) is 36.3 Å². The van der Waals surface area contributed by atoms with Crippen LogP contribution >= 0.6 is 0 Å². The predicted molar refractivity (Wildman–Crippen MR) is 90.6 cm³/mol. The van der Waals surface area contributed by atoms with Crippen molar-refractivity contribution >= 4 is 11.8 Å². The molecule has 2 fully saturated rings. The second-order valence-corrected chi connectivity index (χ2v) is 7.38. The van der Waals surface area contributed by atoms with E-state index in [0.29, 0.717) is 6.42 Å². The molecule has 2 saturated heterocycles. The summed E-state index contributed by atoms with van der Waals surface area (Å²) in [6.45, 7) is 10.5. The summed E-state index contributed by atoms with van der Waals surface area (Å²) >= 11 is 0. The van der Waals surface area contributed by atoms with Crippen LogP contribution in [0.2, 0.25) is 0 Å². The standard InChI is InChI=1S/C19H26N2O2/c1-12-9-13(2)15(4)17(14(12)3)18(23)21-7-5-19(6-8-21)10-16(22)20-11-19/h9H,5-8,10-11H2,1-4H3,(H,20,22). The number of carbonyl (C=O) groups excluding carboxylic acids is 2. The summed E-state index contributed by atoms with van der Waals surface area (Å²) in [5.74, 6) is 0.310. The first-order valence-corrected chi connectivity index (χ1v) is 8.46. The summed E-state index contributed by atoms with van der Waals surface area (Å²) < 4.78 is 0. The van der Waals surface area contributed by atoms with E-state index in [1.165, 1.54) is 11.1 Å². The number of rotatable bonds is 1. The molecule has 1 aromatic carbocycles. The Morgan fingerprint density at radius 2 is 1.65 bits per heavy atom. The van der Waals surface area contributed by atoms with E-state index in [2.05, 4.69) is 25.2 Å². The largest absolute Gasteiger partial charge is 0.356 e. The lowest BCUT2D eigenvalue weighted by atomic mass is 9.77. The van der Waals surface area contributed by atoms with Gasteiger partial charge in [0.25, 0.3) is 5.91 Å². The molecule has 0 atom stereocenters. The molecule has 0 bridgehead atoms. The minimum absolute atomic E-state index is 0.0838. The number of likely N-dealkylation sites (tertiary alicyclic amines) is 1. The molecule has 2 aliphatic rings. The van der Waals surface area contributed by atoms with Crippen LogP contribution in [0.15, 0.2) is 6.07 Å². The van der Waals surface area contributed by atoms with Crippen LogP contribution < -0.4 is 5.32 Å². The monoisotopic (exact) mass is 314 g/mol. The molecular weight excluding hydrogens is 288 g/mol. The number of piperidine rings is 1. The van der Waals surface area contributed by atoms with Crippen LogP contribution in [0.5, 0.6) is 0 Å². The number of nitrogens with zero attached hydrogens (tertiary/aromatic N) is 1. The summed E-state index contributed by atoms with van der Waals surface area (Å²) in [6, 6.07) is 2.16. The molecule has 2 heterocycles. The predicted octanol–water partition coefficient (Wildman–Crippen LogP) is 2.66. The maximum Gasteiger partial charge on any atom is 0.254 e. The average Bonchev–Trinajstić information content (AvgIpc) is 2.87. The maximum atomic E-state index is 13.1. The van der Waals surface area contributed by atoms with E-state index in [0.717, 1.165) is 49.2 Å². The maximum absolute atomic E-state index is 13.1. The quantitative estimate of drug-likeness (QED) is 0.866. The molecule has 0 aromatic heterocycles. The topological polar surface area (TPSA) is 49.4 Å². The molecule has 124 valence electrons. The van der Waals surface area contributed by atoms with Gasteiger partial charge in [0.15, 0.2) is 0 Å². The summed E-state index contributed by atoms with van der Waals surface area (Å²) in [5.41, 5.74) is 5.50. The first-order chi connectivity index (χ1) is 10.8. The Hall–Kier alpha value is -1.84. The summed E-state index contributed by atoms with van der Waals surface area (Å²) in [7, 11) is 0. The Balaban J connectivity index is 1.80. The summed E-state index contributed by atoms with van der Waals surface area (Å²) in [5, 5.41) is 2.95. The Bertz CT molecular complexity index is 644. The third-order valence-electron chi connectivity index (χ3n) is 5.89. The van der Waals surface area contributed by atoms with E-state index in [1.807, 2.05) is 18.7 Å². The first kappa shape index (κ1) is 16.0. The highest BCUT2D eigenvalue weighted by Gasteiger charge is 2.41. The van der Waals surface area contributed by atoms with E-state index < -0.39 is 0 Å². The van der Waals surface area contributed by atoms with Crippen molar-refractivity contribution in [2.75, 3.05) is 19.6 Å². The Kier molecular flexibility index (Phi) is 3.95. The zero-order valence-electron chi connectivity index (χ0n) is 14.6. The second kappa shape index (κ2) is 5.66. The van der Waals surface area contributed by atoms with Crippen LogP contribution in [0.4, 0.5) is 0 Å². The SMILES string of the molecule is Cc1cc(C)c(C)c(C(=O)N2CCC3(CC2)CNC(=O)C3)c1C. The van der Waals surface area contributed by atoms with Crippen molar-refractivity contribution in [1.82, 2.24) is 10.2 Å². The molecule has 1 spiro atoms. The van der Waals surface area contributed by atoms with Crippen molar-refractivity contribution < 1.29 is 9.59 Å². The molecule has 3 rings (SSSR count). The van der Waals surface area contributed by atoms with Crippen molar-refractivity contribution in [2.24, 2.45) is 5.41 Å². The minimum atomic E-state index is 0.0838. The van der Waals surface area contributed by atoms with Gasteiger partial charge in [0.05, 0.1) is 0 Å².